The minimum atomic E-state index is 0. The lowest BCUT2D eigenvalue weighted by molar-refractivity contribution is -0.121. The highest BCUT2D eigenvalue weighted by atomic mass is 35.5. The first kappa shape index (κ1) is 17.8. The van der Waals surface area contributed by atoms with E-state index in [0.29, 0.717) is 19.4 Å². The van der Waals surface area contributed by atoms with Crippen LogP contribution >= 0.6 is 12.4 Å². The number of halogens is 1. The van der Waals surface area contributed by atoms with Crippen molar-refractivity contribution in [3.05, 3.63) is 29.8 Å². The summed E-state index contributed by atoms with van der Waals surface area (Å²) in [6.07, 6.45) is 3.74. The van der Waals surface area contributed by atoms with E-state index >= 15 is 0 Å². The van der Waals surface area contributed by atoms with E-state index in [2.05, 4.69) is 5.32 Å². The number of para-hydroxylation sites is 1. The van der Waals surface area contributed by atoms with Gasteiger partial charge >= 0.3 is 0 Å². The van der Waals surface area contributed by atoms with Gasteiger partial charge in [-0.25, -0.2) is 0 Å². The van der Waals surface area contributed by atoms with Gasteiger partial charge in [0.15, 0.2) is 0 Å². The number of nitrogens with one attached hydrogen (secondary N) is 1. The molecule has 4 nitrogen and oxygen atoms in total. The minimum absolute atomic E-state index is 0. The molecule has 118 valence electrons. The third-order valence-corrected chi connectivity index (χ3v) is 3.45. The normalized spacial score (nSPS) is 15.0. The molecule has 0 aliphatic heterocycles. The fourth-order valence-electron chi connectivity index (χ4n) is 1.92. The summed E-state index contributed by atoms with van der Waals surface area (Å²) >= 11 is 0. The minimum Gasteiger partial charge on any atom is -0.493 e. The monoisotopic (exact) mass is 312 g/mol. The number of rotatable bonds is 8. The van der Waals surface area contributed by atoms with Crippen LogP contribution in [0.3, 0.4) is 0 Å². The first-order valence-corrected chi connectivity index (χ1v) is 7.38. The Morgan fingerprint density at radius 3 is 2.81 bits per heavy atom. The molecule has 1 atom stereocenters. The summed E-state index contributed by atoms with van der Waals surface area (Å²) < 4.78 is 5.82. The average Bonchev–Trinajstić information content (AvgIpc) is 3.25. The number of nitrogens with two attached hydrogens (primary N) is 1. The number of carbonyl (C=O) groups excluding carboxylic acids is 1. The molecule has 1 aliphatic rings. The van der Waals surface area contributed by atoms with Crippen molar-refractivity contribution in [2.75, 3.05) is 6.61 Å². The number of hydrogen-bond donors (Lipinski definition) is 2. The largest absolute Gasteiger partial charge is 0.493 e. The maximum atomic E-state index is 11.7. The van der Waals surface area contributed by atoms with Gasteiger partial charge in [-0.15, -0.1) is 12.4 Å². The molecule has 1 unspecified atom stereocenters. The molecule has 0 spiro atoms. The number of ether oxygens (including phenoxy) is 1. The summed E-state index contributed by atoms with van der Waals surface area (Å²) in [5.41, 5.74) is 6.68. The summed E-state index contributed by atoms with van der Waals surface area (Å²) in [6.45, 7) is 3.21. The fraction of sp³-hybridized carbons (Fsp3) is 0.562. The summed E-state index contributed by atoms with van der Waals surface area (Å²) in [7, 11) is 0. The Kier molecular flexibility index (Phi) is 7.54. The van der Waals surface area contributed by atoms with Gasteiger partial charge in [0.05, 0.1) is 6.61 Å². The van der Waals surface area contributed by atoms with Gasteiger partial charge in [0.1, 0.15) is 5.75 Å². The molecule has 0 bridgehead atoms. The zero-order chi connectivity index (χ0) is 14.4. The molecule has 3 N–H and O–H groups in total. The van der Waals surface area contributed by atoms with Crippen molar-refractivity contribution in [2.45, 2.75) is 45.2 Å². The molecule has 1 saturated carbocycles. The van der Waals surface area contributed by atoms with Crippen molar-refractivity contribution < 1.29 is 9.53 Å². The standard InChI is InChI=1S/C16H24N2O2.ClH/c1-12(17)6-9-16(19)18-10-14-4-2-3-5-15(14)20-11-13-7-8-13;/h2-5,12-13H,6-11,17H2,1H3,(H,18,19);1H. The second-order valence-electron chi connectivity index (χ2n) is 5.65. The molecular formula is C16H25ClN2O2. The number of carbonyl (C=O) groups is 1. The van der Waals surface area contributed by atoms with Crippen molar-refractivity contribution in [2.24, 2.45) is 11.7 Å². The number of benzene rings is 1. The third-order valence-electron chi connectivity index (χ3n) is 3.45. The van der Waals surface area contributed by atoms with Gasteiger partial charge in [0, 0.05) is 24.6 Å². The van der Waals surface area contributed by atoms with Crippen LogP contribution in [-0.2, 0) is 11.3 Å². The second kappa shape index (κ2) is 8.90. The Labute approximate surface area is 132 Å². The Morgan fingerprint density at radius 1 is 1.43 bits per heavy atom. The van der Waals surface area contributed by atoms with Crippen LogP contribution in [0.25, 0.3) is 0 Å². The Bertz CT molecular complexity index is 448. The summed E-state index contributed by atoms with van der Waals surface area (Å²) in [4.78, 5) is 11.7. The van der Waals surface area contributed by atoms with E-state index in [1.54, 1.807) is 0 Å². The van der Waals surface area contributed by atoms with Crippen molar-refractivity contribution in [1.82, 2.24) is 5.32 Å². The second-order valence-corrected chi connectivity index (χ2v) is 5.65. The molecular weight excluding hydrogens is 288 g/mol. The van der Waals surface area contributed by atoms with Crippen molar-refractivity contribution in [3.63, 3.8) is 0 Å². The topological polar surface area (TPSA) is 64.4 Å². The molecule has 1 aliphatic carbocycles. The lowest BCUT2D eigenvalue weighted by Gasteiger charge is -2.12. The van der Waals surface area contributed by atoms with Gasteiger partial charge in [-0.05, 0) is 38.2 Å². The number of amides is 1. The predicted octanol–water partition coefficient (Wildman–Crippen LogP) is 2.64. The van der Waals surface area contributed by atoms with E-state index in [1.807, 2.05) is 31.2 Å². The molecule has 0 radical (unpaired) electrons. The van der Waals surface area contributed by atoms with Crippen molar-refractivity contribution in [1.29, 1.82) is 0 Å². The van der Waals surface area contributed by atoms with E-state index in [4.69, 9.17) is 10.5 Å². The van der Waals surface area contributed by atoms with E-state index < -0.39 is 0 Å². The highest BCUT2D eigenvalue weighted by molar-refractivity contribution is 5.85. The lowest BCUT2D eigenvalue weighted by Crippen LogP contribution is -2.25. The van der Waals surface area contributed by atoms with Gasteiger partial charge in [-0.3, -0.25) is 4.79 Å². The van der Waals surface area contributed by atoms with E-state index in [9.17, 15) is 4.79 Å². The SMILES string of the molecule is CC(N)CCC(=O)NCc1ccccc1OCC1CC1.Cl. The lowest BCUT2D eigenvalue weighted by atomic mass is 10.1. The smallest absolute Gasteiger partial charge is 0.220 e. The van der Waals surface area contributed by atoms with Crippen LogP contribution in [0, 0.1) is 5.92 Å². The van der Waals surface area contributed by atoms with Gasteiger partial charge in [-0.2, -0.15) is 0 Å². The van der Waals surface area contributed by atoms with Gasteiger partial charge in [0.2, 0.25) is 5.91 Å². The molecule has 21 heavy (non-hydrogen) atoms. The van der Waals surface area contributed by atoms with Crippen LogP contribution < -0.4 is 15.8 Å². The Balaban J connectivity index is 0.00000220. The van der Waals surface area contributed by atoms with E-state index in [1.165, 1.54) is 12.8 Å². The average molecular weight is 313 g/mol. The zero-order valence-electron chi connectivity index (χ0n) is 12.5. The summed E-state index contributed by atoms with van der Waals surface area (Å²) in [6, 6.07) is 7.95. The van der Waals surface area contributed by atoms with E-state index in [0.717, 1.165) is 23.8 Å². The molecule has 1 amide bonds. The quantitative estimate of drug-likeness (QED) is 0.775. The van der Waals surface area contributed by atoms with Crippen LogP contribution in [0.1, 0.15) is 38.2 Å². The molecule has 1 aromatic carbocycles. The first-order chi connectivity index (χ1) is 9.65. The summed E-state index contributed by atoms with van der Waals surface area (Å²) in [5, 5.41) is 2.92. The van der Waals surface area contributed by atoms with Crippen LogP contribution in [-0.4, -0.2) is 18.6 Å². The molecule has 5 heteroatoms. The molecule has 1 fully saturated rings. The van der Waals surface area contributed by atoms with Crippen LogP contribution in [0.2, 0.25) is 0 Å². The van der Waals surface area contributed by atoms with Gasteiger partial charge < -0.3 is 15.8 Å². The molecule has 1 aromatic rings. The van der Waals surface area contributed by atoms with Crippen molar-refractivity contribution >= 4 is 18.3 Å². The highest BCUT2D eigenvalue weighted by Gasteiger charge is 2.22. The van der Waals surface area contributed by atoms with Crippen LogP contribution in [0.15, 0.2) is 24.3 Å². The predicted molar refractivity (Wildman–Crippen MR) is 86.6 cm³/mol. The first-order valence-electron chi connectivity index (χ1n) is 7.38. The van der Waals surface area contributed by atoms with Crippen LogP contribution in [0.5, 0.6) is 5.75 Å². The summed E-state index contributed by atoms with van der Waals surface area (Å²) in [5.74, 6) is 1.65. The molecule has 0 aromatic heterocycles. The highest BCUT2D eigenvalue weighted by Crippen LogP contribution is 2.30. The number of hydrogen-bond acceptors (Lipinski definition) is 3. The zero-order valence-corrected chi connectivity index (χ0v) is 13.3. The Hall–Kier alpha value is -1.26. The van der Waals surface area contributed by atoms with Crippen molar-refractivity contribution in [3.8, 4) is 5.75 Å². The molecule has 0 heterocycles. The Morgan fingerprint density at radius 2 is 2.14 bits per heavy atom. The van der Waals surface area contributed by atoms with Gasteiger partial charge in [-0.1, -0.05) is 18.2 Å². The van der Waals surface area contributed by atoms with Gasteiger partial charge in [0.25, 0.3) is 0 Å². The molecule has 0 saturated heterocycles. The third kappa shape index (κ3) is 6.82. The van der Waals surface area contributed by atoms with E-state index in [-0.39, 0.29) is 24.4 Å². The molecule has 2 rings (SSSR count). The van der Waals surface area contributed by atoms with Crippen LogP contribution in [0.4, 0.5) is 0 Å². The fourth-order valence-corrected chi connectivity index (χ4v) is 1.92. The maximum absolute atomic E-state index is 11.7. The maximum Gasteiger partial charge on any atom is 0.220 e.